The molecule has 2 nitrogen and oxygen atoms in total. The Kier molecular flexibility index (Phi) is 4.35. The maximum Gasteiger partial charge on any atom is 0.0437 e. The summed E-state index contributed by atoms with van der Waals surface area (Å²) in [5.74, 6) is 1.13. The molecule has 2 unspecified atom stereocenters. The summed E-state index contributed by atoms with van der Waals surface area (Å²) in [4.78, 5) is 3.69. The van der Waals surface area contributed by atoms with E-state index in [1.165, 1.54) is 29.8 Å². The van der Waals surface area contributed by atoms with Crippen LogP contribution < -0.4 is 10.6 Å². The van der Waals surface area contributed by atoms with Gasteiger partial charge in [0.05, 0.1) is 0 Å². The van der Waals surface area contributed by atoms with Gasteiger partial charge in [0.15, 0.2) is 0 Å². The first-order valence-electron chi connectivity index (χ1n) is 6.43. The molecule has 1 aromatic rings. The highest BCUT2D eigenvalue weighted by Gasteiger charge is 2.27. The fraction of sp³-hybridized carbons (Fsp3) is 0.571. The first-order valence-corrected chi connectivity index (χ1v) is 7.42. The highest BCUT2D eigenvalue weighted by molar-refractivity contribution is 7.99. The molecule has 94 valence electrons. The molecule has 1 aliphatic carbocycles. The zero-order chi connectivity index (χ0) is 12.3. The van der Waals surface area contributed by atoms with Crippen LogP contribution in [-0.2, 0) is 0 Å². The Bertz CT molecular complexity index is 350. The number of hydrogen-bond donors (Lipinski definition) is 1. The molecule has 2 N–H and O–H groups in total. The third kappa shape index (κ3) is 2.96. The van der Waals surface area contributed by atoms with Crippen molar-refractivity contribution in [2.24, 2.45) is 5.73 Å². The highest BCUT2D eigenvalue weighted by atomic mass is 32.2. The van der Waals surface area contributed by atoms with Crippen LogP contribution in [0.4, 0.5) is 5.69 Å². The molecule has 0 amide bonds. The van der Waals surface area contributed by atoms with Crippen molar-refractivity contribution < 1.29 is 0 Å². The van der Waals surface area contributed by atoms with Crippen molar-refractivity contribution in [1.82, 2.24) is 0 Å². The number of nitrogens with two attached hydrogens (primary N) is 1. The lowest BCUT2D eigenvalue weighted by molar-refractivity contribution is 0.572. The van der Waals surface area contributed by atoms with Gasteiger partial charge in [-0.25, -0.2) is 0 Å². The van der Waals surface area contributed by atoms with Crippen molar-refractivity contribution in [3.05, 3.63) is 24.3 Å². The van der Waals surface area contributed by atoms with Gasteiger partial charge in [0.1, 0.15) is 0 Å². The zero-order valence-electron chi connectivity index (χ0n) is 10.7. The lowest BCUT2D eigenvalue weighted by atomic mass is 10.1. The average Bonchev–Trinajstić information content (AvgIpc) is 2.76. The van der Waals surface area contributed by atoms with Crippen molar-refractivity contribution in [1.29, 1.82) is 0 Å². The van der Waals surface area contributed by atoms with Gasteiger partial charge < -0.3 is 10.6 Å². The molecule has 1 aliphatic rings. The molecule has 0 radical (unpaired) electrons. The van der Waals surface area contributed by atoms with Crippen LogP contribution in [0, 0.1) is 0 Å². The number of benzene rings is 1. The van der Waals surface area contributed by atoms with Gasteiger partial charge in [0.2, 0.25) is 0 Å². The Balaban J connectivity index is 2.05. The summed E-state index contributed by atoms with van der Waals surface area (Å²) >= 11 is 1.89. The summed E-state index contributed by atoms with van der Waals surface area (Å²) in [5, 5.41) is 0. The van der Waals surface area contributed by atoms with Gasteiger partial charge in [-0.3, -0.25) is 0 Å². The van der Waals surface area contributed by atoms with Gasteiger partial charge in [-0.15, -0.1) is 11.8 Å². The monoisotopic (exact) mass is 250 g/mol. The largest absolute Gasteiger partial charge is 0.370 e. The van der Waals surface area contributed by atoms with Crippen LogP contribution in [0.5, 0.6) is 0 Å². The zero-order valence-corrected chi connectivity index (χ0v) is 11.5. The first kappa shape index (κ1) is 12.8. The second-order valence-electron chi connectivity index (χ2n) is 4.70. The molecule has 17 heavy (non-hydrogen) atoms. The average molecular weight is 250 g/mol. The SMILES string of the molecule is CCSc1ccc(N(C)C2CCCC2N)cc1. The molecule has 2 rings (SSSR count). The second kappa shape index (κ2) is 5.78. The van der Waals surface area contributed by atoms with E-state index in [1.807, 2.05) is 11.8 Å². The van der Waals surface area contributed by atoms with Crippen LogP contribution in [0.15, 0.2) is 29.2 Å². The standard InChI is InChI=1S/C14H22N2S/c1-3-17-12-9-7-11(8-10-12)16(2)14-6-4-5-13(14)15/h7-10,13-14H,3-6,15H2,1-2H3. The summed E-state index contributed by atoms with van der Waals surface area (Å²) in [6.45, 7) is 2.18. The van der Waals surface area contributed by atoms with Gasteiger partial charge in [-0.1, -0.05) is 6.92 Å². The predicted molar refractivity (Wildman–Crippen MR) is 76.9 cm³/mol. The van der Waals surface area contributed by atoms with E-state index in [1.54, 1.807) is 0 Å². The Morgan fingerprint density at radius 1 is 1.29 bits per heavy atom. The fourth-order valence-electron chi connectivity index (χ4n) is 2.59. The topological polar surface area (TPSA) is 29.3 Å². The molecule has 0 aliphatic heterocycles. The van der Waals surface area contributed by atoms with Gasteiger partial charge in [0.25, 0.3) is 0 Å². The van der Waals surface area contributed by atoms with Crippen molar-refractivity contribution in [3.63, 3.8) is 0 Å². The Morgan fingerprint density at radius 2 is 2.00 bits per heavy atom. The van der Waals surface area contributed by atoms with Crippen LogP contribution in [-0.4, -0.2) is 24.9 Å². The van der Waals surface area contributed by atoms with E-state index < -0.39 is 0 Å². The summed E-state index contributed by atoms with van der Waals surface area (Å²) < 4.78 is 0. The second-order valence-corrected chi connectivity index (χ2v) is 6.04. The number of nitrogens with zero attached hydrogens (tertiary/aromatic N) is 1. The lowest BCUT2D eigenvalue weighted by Crippen LogP contribution is -2.42. The molecule has 1 aromatic carbocycles. The third-order valence-electron chi connectivity index (χ3n) is 3.58. The normalized spacial score (nSPS) is 23.9. The summed E-state index contributed by atoms with van der Waals surface area (Å²) in [6.07, 6.45) is 3.65. The summed E-state index contributed by atoms with van der Waals surface area (Å²) in [5.41, 5.74) is 7.43. The highest BCUT2D eigenvalue weighted by Crippen LogP contribution is 2.28. The van der Waals surface area contributed by atoms with Crippen LogP contribution in [0.1, 0.15) is 26.2 Å². The lowest BCUT2D eigenvalue weighted by Gasteiger charge is -2.29. The van der Waals surface area contributed by atoms with E-state index in [-0.39, 0.29) is 0 Å². The van der Waals surface area contributed by atoms with Gasteiger partial charge in [-0.05, 0) is 49.3 Å². The molecule has 0 saturated heterocycles. The number of likely N-dealkylation sites (N-methyl/N-ethyl adjacent to an activating group) is 1. The van der Waals surface area contributed by atoms with E-state index in [9.17, 15) is 0 Å². The van der Waals surface area contributed by atoms with Crippen LogP contribution >= 0.6 is 11.8 Å². The van der Waals surface area contributed by atoms with E-state index >= 15 is 0 Å². The molecule has 1 saturated carbocycles. The Labute approximate surface area is 109 Å². The molecule has 0 heterocycles. The molecular weight excluding hydrogens is 228 g/mol. The van der Waals surface area contributed by atoms with Crippen LogP contribution in [0.3, 0.4) is 0 Å². The van der Waals surface area contributed by atoms with E-state index in [0.29, 0.717) is 12.1 Å². The Morgan fingerprint density at radius 3 is 2.53 bits per heavy atom. The molecule has 0 aromatic heterocycles. The number of anilines is 1. The fourth-order valence-corrected chi connectivity index (χ4v) is 3.25. The van der Waals surface area contributed by atoms with E-state index in [4.69, 9.17) is 5.73 Å². The minimum absolute atomic E-state index is 0.338. The van der Waals surface area contributed by atoms with Crippen molar-refractivity contribution in [2.45, 2.75) is 43.2 Å². The minimum Gasteiger partial charge on any atom is -0.370 e. The van der Waals surface area contributed by atoms with Crippen molar-refractivity contribution in [3.8, 4) is 0 Å². The van der Waals surface area contributed by atoms with Crippen LogP contribution in [0.25, 0.3) is 0 Å². The first-order chi connectivity index (χ1) is 8.22. The van der Waals surface area contributed by atoms with Crippen molar-refractivity contribution in [2.75, 3.05) is 17.7 Å². The number of thioether (sulfide) groups is 1. The quantitative estimate of drug-likeness (QED) is 0.833. The summed E-state index contributed by atoms with van der Waals surface area (Å²) in [7, 11) is 2.16. The Hall–Kier alpha value is -0.670. The van der Waals surface area contributed by atoms with Gasteiger partial charge in [0, 0.05) is 29.7 Å². The maximum absolute atomic E-state index is 6.15. The minimum atomic E-state index is 0.338. The molecule has 3 heteroatoms. The van der Waals surface area contributed by atoms with E-state index in [2.05, 4.69) is 43.1 Å². The van der Waals surface area contributed by atoms with Crippen molar-refractivity contribution >= 4 is 17.4 Å². The van der Waals surface area contributed by atoms with Gasteiger partial charge >= 0.3 is 0 Å². The molecule has 0 spiro atoms. The summed E-state index contributed by atoms with van der Waals surface area (Å²) in [6, 6.07) is 9.69. The molecule has 2 atom stereocenters. The number of hydrogen-bond acceptors (Lipinski definition) is 3. The maximum atomic E-state index is 6.15. The predicted octanol–water partition coefficient (Wildman–Crippen LogP) is 3.11. The van der Waals surface area contributed by atoms with Gasteiger partial charge in [-0.2, -0.15) is 0 Å². The van der Waals surface area contributed by atoms with Crippen LogP contribution in [0.2, 0.25) is 0 Å². The van der Waals surface area contributed by atoms with E-state index in [0.717, 1.165) is 5.75 Å². The smallest absolute Gasteiger partial charge is 0.0437 e. The number of rotatable bonds is 4. The molecule has 0 bridgehead atoms. The molecule has 1 fully saturated rings. The molecular formula is C14H22N2S. The third-order valence-corrected chi connectivity index (χ3v) is 4.48.